The molecule has 0 unspecified atom stereocenters. The molecule has 0 aliphatic carbocycles. The molecular formula is C16H16FN3O3. The number of carbonyl (C=O) groups excluding carboxylic acids is 2. The minimum Gasteiger partial charge on any atom is -0.619 e. The minimum atomic E-state index is -0.444. The molecule has 0 saturated heterocycles. The number of nitrogens with zero attached hydrogens (tertiary/aromatic N) is 1. The number of halogens is 1. The maximum absolute atomic E-state index is 13.4. The second-order valence-electron chi connectivity index (χ2n) is 4.93. The quantitative estimate of drug-likeness (QED) is 0.489. The summed E-state index contributed by atoms with van der Waals surface area (Å²) in [5.41, 5.74) is 0.914. The van der Waals surface area contributed by atoms with Gasteiger partial charge < -0.3 is 15.8 Å². The normalized spacial score (nSPS) is 10.2. The van der Waals surface area contributed by atoms with E-state index in [9.17, 15) is 19.2 Å². The van der Waals surface area contributed by atoms with Gasteiger partial charge in [0, 0.05) is 24.7 Å². The summed E-state index contributed by atoms with van der Waals surface area (Å²) in [5.74, 6) is -1.28. The molecule has 2 rings (SSSR count). The first kappa shape index (κ1) is 16.4. The van der Waals surface area contributed by atoms with Gasteiger partial charge in [-0.15, -0.1) is 0 Å². The first-order valence-electron chi connectivity index (χ1n) is 6.99. The van der Waals surface area contributed by atoms with Crippen molar-refractivity contribution in [2.45, 2.75) is 6.92 Å². The smallest absolute Gasteiger partial charge is 0.257 e. The second kappa shape index (κ2) is 7.35. The van der Waals surface area contributed by atoms with Crippen molar-refractivity contribution < 1.29 is 18.7 Å². The number of pyridine rings is 1. The van der Waals surface area contributed by atoms with Gasteiger partial charge in [-0.25, -0.2) is 4.39 Å². The van der Waals surface area contributed by atoms with E-state index in [-0.39, 0.29) is 24.2 Å². The number of rotatable bonds is 5. The topological polar surface area (TPSA) is 85.1 Å². The molecule has 7 heteroatoms. The van der Waals surface area contributed by atoms with Crippen LogP contribution in [-0.4, -0.2) is 24.9 Å². The van der Waals surface area contributed by atoms with Crippen molar-refractivity contribution in [1.29, 1.82) is 0 Å². The Morgan fingerprint density at radius 3 is 2.39 bits per heavy atom. The van der Waals surface area contributed by atoms with E-state index >= 15 is 0 Å². The van der Waals surface area contributed by atoms with Gasteiger partial charge in [0.15, 0.2) is 12.4 Å². The van der Waals surface area contributed by atoms with Crippen LogP contribution in [0.15, 0.2) is 42.7 Å². The maximum atomic E-state index is 13.4. The summed E-state index contributed by atoms with van der Waals surface area (Å²) in [4.78, 5) is 23.6. The molecule has 0 spiro atoms. The van der Waals surface area contributed by atoms with Crippen molar-refractivity contribution in [3.05, 3.63) is 70.4 Å². The number of hydrogen-bond donors (Lipinski definition) is 2. The van der Waals surface area contributed by atoms with Crippen molar-refractivity contribution in [1.82, 2.24) is 10.6 Å². The van der Waals surface area contributed by atoms with Gasteiger partial charge in [-0.05, 0) is 30.7 Å². The lowest BCUT2D eigenvalue weighted by atomic mass is 10.1. The Bertz CT molecular complexity index is 734. The lowest BCUT2D eigenvalue weighted by Crippen LogP contribution is -2.36. The minimum absolute atomic E-state index is 0.185. The molecule has 0 aliphatic rings. The van der Waals surface area contributed by atoms with Crippen molar-refractivity contribution in [3.63, 3.8) is 0 Å². The van der Waals surface area contributed by atoms with E-state index < -0.39 is 17.6 Å². The molecule has 0 radical (unpaired) electrons. The molecule has 0 atom stereocenters. The predicted octanol–water partition coefficient (Wildman–Crippen LogP) is 0.927. The SMILES string of the molecule is Cc1ccc(C(=O)NCCNC(=O)c2ccc[n+]([O-])c2)cc1F. The van der Waals surface area contributed by atoms with Crippen LogP contribution in [0.1, 0.15) is 26.3 Å². The fourth-order valence-electron chi connectivity index (χ4n) is 1.88. The lowest BCUT2D eigenvalue weighted by molar-refractivity contribution is -0.605. The van der Waals surface area contributed by atoms with Crippen LogP contribution in [0.2, 0.25) is 0 Å². The number of aromatic nitrogens is 1. The zero-order valence-electron chi connectivity index (χ0n) is 12.5. The summed E-state index contributed by atoms with van der Waals surface area (Å²) in [5, 5.41) is 16.2. The second-order valence-corrected chi connectivity index (χ2v) is 4.93. The summed E-state index contributed by atoms with van der Waals surface area (Å²) in [7, 11) is 0. The number of aryl methyl sites for hydroxylation is 1. The van der Waals surface area contributed by atoms with Crippen LogP contribution in [0, 0.1) is 17.9 Å². The van der Waals surface area contributed by atoms with Gasteiger partial charge in [-0.1, -0.05) is 6.07 Å². The molecule has 1 aromatic carbocycles. The summed E-state index contributed by atoms with van der Waals surface area (Å²) in [6.07, 6.45) is 2.43. The Morgan fingerprint density at radius 1 is 1.13 bits per heavy atom. The highest BCUT2D eigenvalue weighted by Crippen LogP contribution is 2.08. The van der Waals surface area contributed by atoms with E-state index in [1.807, 2.05) is 0 Å². The van der Waals surface area contributed by atoms with Crippen molar-refractivity contribution in [2.75, 3.05) is 13.1 Å². The average Bonchev–Trinajstić information content (AvgIpc) is 2.53. The molecule has 1 heterocycles. The highest BCUT2D eigenvalue weighted by molar-refractivity contribution is 5.95. The van der Waals surface area contributed by atoms with E-state index in [0.717, 1.165) is 6.20 Å². The van der Waals surface area contributed by atoms with Gasteiger partial charge >= 0.3 is 0 Å². The number of hydrogen-bond acceptors (Lipinski definition) is 3. The number of benzene rings is 1. The molecule has 6 nitrogen and oxygen atoms in total. The highest BCUT2D eigenvalue weighted by Gasteiger charge is 2.09. The van der Waals surface area contributed by atoms with Gasteiger partial charge in [-0.3, -0.25) is 9.59 Å². The van der Waals surface area contributed by atoms with E-state index in [2.05, 4.69) is 10.6 Å². The van der Waals surface area contributed by atoms with Crippen molar-refractivity contribution in [2.24, 2.45) is 0 Å². The molecule has 2 N–H and O–H groups in total. The van der Waals surface area contributed by atoms with Crippen LogP contribution in [-0.2, 0) is 0 Å². The van der Waals surface area contributed by atoms with E-state index in [1.54, 1.807) is 6.92 Å². The Morgan fingerprint density at radius 2 is 1.78 bits per heavy atom. The van der Waals surface area contributed by atoms with E-state index in [1.165, 1.54) is 36.5 Å². The molecule has 0 bridgehead atoms. The van der Waals surface area contributed by atoms with Gasteiger partial charge in [0.2, 0.25) is 0 Å². The largest absolute Gasteiger partial charge is 0.619 e. The third-order valence-electron chi connectivity index (χ3n) is 3.17. The molecule has 0 aliphatic heterocycles. The Kier molecular flexibility index (Phi) is 5.24. The maximum Gasteiger partial charge on any atom is 0.257 e. The molecule has 2 aromatic rings. The van der Waals surface area contributed by atoms with Gasteiger partial charge in [0.05, 0.1) is 0 Å². The fraction of sp³-hybridized carbons (Fsp3) is 0.188. The standard InChI is InChI=1S/C16H16FN3O3/c1-11-4-5-12(9-14(11)17)15(21)18-6-7-19-16(22)13-3-2-8-20(23)10-13/h2-5,8-10H,6-7H2,1H3,(H,18,21)(H,19,22). The van der Waals surface area contributed by atoms with Crippen molar-refractivity contribution >= 4 is 11.8 Å². The molecule has 120 valence electrons. The number of carbonyl (C=O) groups is 2. The molecule has 2 amide bonds. The van der Waals surface area contributed by atoms with Crippen LogP contribution in [0.4, 0.5) is 4.39 Å². The van der Waals surface area contributed by atoms with Crippen LogP contribution in [0.3, 0.4) is 0 Å². The molecule has 1 aromatic heterocycles. The zero-order chi connectivity index (χ0) is 16.8. The summed E-state index contributed by atoms with van der Waals surface area (Å²) >= 11 is 0. The monoisotopic (exact) mass is 317 g/mol. The first-order valence-corrected chi connectivity index (χ1v) is 6.99. The Hall–Kier alpha value is -2.96. The number of amides is 2. The van der Waals surface area contributed by atoms with Crippen molar-refractivity contribution in [3.8, 4) is 0 Å². The van der Waals surface area contributed by atoms with E-state index in [0.29, 0.717) is 10.3 Å². The first-order chi connectivity index (χ1) is 11.0. The summed E-state index contributed by atoms with van der Waals surface area (Å²) in [6.45, 7) is 1.98. The van der Waals surface area contributed by atoms with Crippen LogP contribution in [0.25, 0.3) is 0 Å². The van der Waals surface area contributed by atoms with Crippen LogP contribution < -0.4 is 15.4 Å². The van der Waals surface area contributed by atoms with Crippen LogP contribution in [0.5, 0.6) is 0 Å². The van der Waals surface area contributed by atoms with Gasteiger partial charge in [0.1, 0.15) is 11.4 Å². The molecular weight excluding hydrogens is 301 g/mol. The Balaban J connectivity index is 1.79. The zero-order valence-corrected chi connectivity index (χ0v) is 12.5. The summed E-state index contributed by atoms with van der Waals surface area (Å²) < 4.78 is 13.9. The molecule has 0 saturated carbocycles. The summed E-state index contributed by atoms with van der Waals surface area (Å²) in [6, 6.07) is 7.20. The van der Waals surface area contributed by atoms with E-state index in [4.69, 9.17) is 0 Å². The Labute approximate surface area is 132 Å². The third kappa shape index (κ3) is 4.50. The predicted molar refractivity (Wildman–Crippen MR) is 81.2 cm³/mol. The average molecular weight is 317 g/mol. The molecule has 0 fully saturated rings. The number of nitrogens with one attached hydrogen (secondary N) is 2. The van der Waals surface area contributed by atoms with Crippen LogP contribution >= 0.6 is 0 Å². The van der Waals surface area contributed by atoms with Gasteiger partial charge in [-0.2, -0.15) is 4.73 Å². The highest BCUT2D eigenvalue weighted by atomic mass is 19.1. The fourth-order valence-corrected chi connectivity index (χ4v) is 1.88. The van der Waals surface area contributed by atoms with Gasteiger partial charge in [0.25, 0.3) is 11.8 Å². The lowest BCUT2D eigenvalue weighted by Gasteiger charge is -2.07. The molecule has 23 heavy (non-hydrogen) atoms. The third-order valence-corrected chi connectivity index (χ3v) is 3.17.